The van der Waals surface area contributed by atoms with Gasteiger partial charge in [0.1, 0.15) is 24.7 Å². The lowest BCUT2D eigenvalue weighted by molar-refractivity contribution is 0.213. The molecule has 23 heavy (non-hydrogen) atoms. The lowest BCUT2D eigenvalue weighted by atomic mass is 10.2. The van der Waals surface area contributed by atoms with E-state index in [1.54, 1.807) is 0 Å². The Bertz CT molecular complexity index is 622. The number of fused-ring (bicyclic) bond motifs is 4. The van der Waals surface area contributed by atoms with Gasteiger partial charge in [0.05, 0.1) is 0 Å². The minimum Gasteiger partial charge on any atom is -0.490 e. The van der Waals surface area contributed by atoms with Crippen molar-refractivity contribution in [2.75, 3.05) is 26.3 Å². The molecule has 0 N–H and O–H groups in total. The Morgan fingerprint density at radius 1 is 0.696 bits per heavy atom. The SMILES string of the molecule is c1ccc2c(c1)CN1CCN(Cc3ccccc3OCCO2)P1. The molecule has 1 saturated heterocycles. The highest BCUT2D eigenvalue weighted by atomic mass is 31.1. The molecule has 0 spiro atoms. The van der Waals surface area contributed by atoms with Gasteiger partial charge in [-0.25, -0.2) is 0 Å². The summed E-state index contributed by atoms with van der Waals surface area (Å²) >= 11 is 0. The highest BCUT2D eigenvalue weighted by Crippen LogP contribution is 2.36. The monoisotopic (exact) mass is 328 g/mol. The van der Waals surface area contributed by atoms with Crippen LogP contribution in [0, 0.1) is 0 Å². The number of benzene rings is 2. The van der Waals surface area contributed by atoms with Gasteiger partial charge in [0, 0.05) is 46.2 Å². The van der Waals surface area contributed by atoms with Crippen LogP contribution in [-0.4, -0.2) is 35.6 Å². The fourth-order valence-corrected chi connectivity index (χ4v) is 4.32. The number of para-hydroxylation sites is 2. The standard InChI is InChI=1S/C18H21N2O2P/c1-3-7-17-15(5-1)13-19-9-10-20(23-19)14-16-6-2-4-8-18(16)22-12-11-21-17/h1-8,23H,9-14H2. The molecule has 1 fully saturated rings. The predicted molar refractivity (Wildman–Crippen MR) is 93.0 cm³/mol. The van der Waals surface area contributed by atoms with Gasteiger partial charge in [-0.05, 0) is 12.1 Å². The van der Waals surface area contributed by atoms with Crippen LogP contribution in [0.3, 0.4) is 0 Å². The first-order valence-electron chi connectivity index (χ1n) is 8.06. The quantitative estimate of drug-likeness (QED) is 0.693. The first-order chi connectivity index (χ1) is 11.4. The zero-order valence-corrected chi connectivity index (χ0v) is 14.1. The third kappa shape index (κ3) is 3.50. The Morgan fingerprint density at radius 2 is 1.17 bits per heavy atom. The summed E-state index contributed by atoms with van der Waals surface area (Å²) in [6, 6.07) is 16.7. The van der Waals surface area contributed by atoms with Crippen molar-refractivity contribution < 1.29 is 9.47 Å². The molecule has 2 aromatic carbocycles. The molecule has 2 bridgehead atoms. The highest BCUT2D eigenvalue weighted by Gasteiger charge is 2.22. The Morgan fingerprint density at radius 3 is 1.70 bits per heavy atom. The van der Waals surface area contributed by atoms with Crippen LogP contribution in [0.5, 0.6) is 11.5 Å². The predicted octanol–water partition coefficient (Wildman–Crippen LogP) is 3.28. The molecule has 0 radical (unpaired) electrons. The summed E-state index contributed by atoms with van der Waals surface area (Å²) in [5, 5.41) is 0. The second-order valence-electron chi connectivity index (χ2n) is 5.86. The van der Waals surface area contributed by atoms with Crippen molar-refractivity contribution in [2.45, 2.75) is 13.1 Å². The Labute approximate surface area is 138 Å². The van der Waals surface area contributed by atoms with Crippen LogP contribution >= 0.6 is 8.88 Å². The van der Waals surface area contributed by atoms with E-state index < -0.39 is 0 Å². The van der Waals surface area contributed by atoms with Crippen LogP contribution < -0.4 is 9.47 Å². The smallest absolute Gasteiger partial charge is 0.123 e. The van der Waals surface area contributed by atoms with Gasteiger partial charge in [-0.3, -0.25) is 9.34 Å². The number of hydrogen-bond acceptors (Lipinski definition) is 4. The summed E-state index contributed by atoms with van der Waals surface area (Å²) in [7, 11) is 0.713. The first-order valence-corrected chi connectivity index (χ1v) is 8.95. The molecule has 2 aromatic rings. The first kappa shape index (κ1) is 14.9. The van der Waals surface area contributed by atoms with Gasteiger partial charge in [-0.1, -0.05) is 36.4 Å². The number of rotatable bonds is 0. The molecule has 2 heterocycles. The number of nitrogens with zero attached hydrogens (tertiary/aromatic N) is 2. The van der Waals surface area contributed by atoms with E-state index in [-0.39, 0.29) is 0 Å². The van der Waals surface area contributed by atoms with E-state index in [9.17, 15) is 0 Å². The normalized spacial score (nSPS) is 25.0. The van der Waals surface area contributed by atoms with Crippen molar-refractivity contribution in [1.29, 1.82) is 0 Å². The van der Waals surface area contributed by atoms with Crippen molar-refractivity contribution in [1.82, 2.24) is 9.34 Å². The van der Waals surface area contributed by atoms with Crippen LogP contribution in [0.2, 0.25) is 0 Å². The van der Waals surface area contributed by atoms with Gasteiger partial charge < -0.3 is 9.47 Å². The summed E-state index contributed by atoms with van der Waals surface area (Å²) in [5.74, 6) is 1.96. The summed E-state index contributed by atoms with van der Waals surface area (Å²) in [4.78, 5) is 0. The lowest BCUT2D eigenvalue weighted by Crippen LogP contribution is -2.16. The maximum Gasteiger partial charge on any atom is 0.123 e. The molecule has 0 aliphatic carbocycles. The van der Waals surface area contributed by atoms with Crippen molar-refractivity contribution in [3.05, 3.63) is 59.7 Å². The van der Waals surface area contributed by atoms with Gasteiger partial charge >= 0.3 is 0 Å². The minimum absolute atomic E-state index is 0.567. The summed E-state index contributed by atoms with van der Waals surface area (Å²) in [6.07, 6.45) is 0. The molecular weight excluding hydrogens is 307 g/mol. The Kier molecular flexibility index (Phi) is 4.47. The number of hydrogen-bond donors (Lipinski definition) is 0. The summed E-state index contributed by atoms with van der Waals surface area (Å²) in [5.41, 5.74) is 2.53. The second kappa shape index (κ2) is 6.88. The fourth-order valence-electron chi connectivity index (χ4n) is 3.04. The Balaban J connectivity index is 1.60. The van der Waals surface area contributed by atoms with Crippen molar-refractivity contribution >= 4 is 8.88 Å². The van der Waals surface area contributed by atoms with E-state index in [0.29, 0.717) is 22.1 Å². The van der Waals surface area contributed by atoms with Gasteiger partial charge in [-0.15, -0.1) is 0 Å². The van der Waals surface area contributed by atoms with Gasteiger partial charge in [-0.2, -0.15) is 0 Å². The van der Waals surface area contributed by atoms with E-state index in [2.05, 4.69) is 45.7 Å². The molecule has 2 aliphatic heterocycles. The number of ether oxygens (including phenoxy) is 2. The molecule has 4 rings (SSSR count). The highest BCUT2D eigenvalue weighted by molar-refractivity contribution is 7.32. The van der Waals surface area contributed by atoms with E-state index in [1.165, 1.54) is 11.1 Å². The average molecular weight is 328 g/mol. The molecule has 2 aliphatic rings. The third-order valence-electron chi connectivity index (χ3n) is 4.19. The lowest BCUT2D eigenvalue weighted by Gasteiger charge is -2.19. The van der Waals surface area contributed by atoms with Crippen LogP contribution in [0.1, 0.15) is 11.1 Å². The van der Waals surface area contributed by atoms with E-state index in [4.69, 9.17) is 9.47 Å². The maximum absolute atomic E-state index is 5.96. The Hall–Kier alpha value is -1.61. The molecule has 4 nitrogen and oxygen atoms in total. The van der Waals surface area contributed by atoms with Crippen LogP contribution in [0.15, 0.2) is 48.5 Å². The topological polar surface area (TPSA) is 24.9 Å². The van der Waals surface area contributed by atoms with Crippen LogP contribution in [0.25, 0.3) is 0 Å². The molecule has 2 atom stereocenters. The van der Waals surface area contributed by atoms with E-state index >= 15 is 0 Å². The third-order valence-corrected chi connectivity index (χ3v) is 5.52. The maximum atomic E-state index is 5.96. The average Bonchev–Trinajstić information content (AvgIpc) is 3.01. The molecule has 120 valence electrons. The van der Waals surface area contributed by atoms with Crippen LogP contribution in [-0.2, 0) is 13.1 Å². The van der Waals surface area contributed by atoms with Crippen molar-refractivity contribution in [3.63, 3.8) is 0 Å². The van der Waals surface area contributed by atoms with Crippen LogP contribution in [0.4, 0.5) is 0 Å². The molecular formula is C18H21N2O2P. The zero-order valence-electron chi connectivity index (χ0n) is 13.1. The van der Waals surface area contributed by atoms with Gasteiger partial charge in [0.25, 0.3) is 0 Å². The summed E-state index contributed by atoms with van der Waals surface area (Å²) < 4.78 is 16.9. The second-order valence-corrected chi connectivity index (χ2v) is 7.32. The van der Waals surface area contributed by atoms with Gasteiger partial charge in [0.15, 0.2) is 0 Å². The van der Waals surface area contributed by atoms with E-state index in [0.717, 1.165) is 37.7 Å². The molecule has 0 saturated carbocycles. The van der Waals surface area contributed by atoms with Gasteiger partial charge in [0.2, 0.25) is 0 Å². The fraction of sp³-hybridized carbons (Fsp3) is 0.333. The zero-order chi connectivity index (χ0) is 15.5. The molecule has 0 amide bonds. The molecule has 5 heteroatoms. The molecule has 2 unspecified atom stereocenters. The minimum atomic E-state index is 0.567. The summed E-state index contributed by atoms with van der Waals surface area (Å²) in [6.45, 7) is 5.25. The van der Waals surface area contributed by atoms with E-state index in [1.807, 2.05) is 12.1 Å². The largest absolute Gasteiger partial charge is 0.490 e. The van der Waals surface area contributed by atoms with Crippen molar-refractivity contribution in [3.8, 4) is 11.5 Å². The van der Waals surface area contributed by atoms with Crippen molar-refractivity contribution in [2.24, 2.45) is 0 Å². The molecule has 0 aromatic heterocycles.